The molecule has 8 heteroatoms. The van der Waals surface area contributed by atoms with Crippen molar-refractivity contribution >= 4 is 23.9 Å². The van der Waals surface area contributed by atoms with Gasteiger partial charge in [0, 0.05) is 12.6 Å². The number of esters is 1. The van der Waals surface area contributed by atoms with E-state index in [9.17, 15) is 14.7 Å². The number of hydrogen-bond acceptors (Lipinski definition) is 5. The second kappa shape index (κ2) is 9.88. The fourth-order valence-electron chi connectivity index (χ4n) is 1.87. The molecule has 0 aromatic heterocycles. The lowest BCUT2D eigenvalue weighted by molar-refractivity contribution is -0.144. The van der Waals surface area contributed by atoms with Gasteiger partial charge >= 0.3 is 5.97 Å². The SMILES string of the molecule is COC(=O)[C@@H](CCCN=C(N)N)NC(=O)/C=C\c1ccc(O)cc1. The fraction of sp³-hybridized carbons (Fsp3) is 0.312. The van der Waals surface area contributed by atoms with Crippen molar-refractivity contribution in [2.24, 2.45) is 16.5 Å². The van der Waals surface area contributed by atoms with Gasteiger partial charge in [0.25, 0.3) is 0 Å². The molecule has 8 nitrogen and oxygen atoms in total. The molecule has 0 heterocycles. The molecule has 0 aliphatic heterocycles. The number of aliphatic imine (C=N–C) groups is 1. The molecule has 0 aliphatic carbocycles. The topological polar surface area (TPSA) is 140 Å². The monoisotopic (exact) mass is 334 g/mol. The van der Waals surface area contributed by atoms with Crippen molar-refractivity contribution in [1.82, 2.24) is 5.32 Å². The predicted molar refractivity (Wildman–Crippen MR) is 91.0 cm³/mol. The zero-order valence-corrected chi connectivity index (χ0v) is 13.4. The average molecular weight is 334 g/mol. The Morgan fingerprint density at radius 2 is 2.00 bits per heavy atom. The van der Waals surface area contributed by atoms with E-state index in [-0.39, 0.29) is 11.7 Å². The van der Waals surface area contributed by atoms with E-state index in [1.54, 1.807) is 18.2 Å². The van der Waals surface area contributed by atoms with Gasteiger partial charge in [-0.1, -0.05) is 12.1 Å². The van der Waals surface area contributed by atoms with Gasteiger partial charge in [-0.15, -0.1) is 0 Å². The summed E-state index contributed by atoms with van der Waals surface area (Å²) in [4.78, 5) is 27.5. The molecule has 1 atom stereocenters. The summed E-state index contributed by atoms with van der Waals surface area (Å²) in [6.07, 6.45) is 3.74. The summed E-state index contributed by atoms with van der Waals surface area (Å²) in [7, 11) is 1.25. The molecular formula is C16H22N4O4. The lowest BCUT2D eigenvalue weighted by atomic mass is 10.1. The summed E-state index contributed by atoms with van der Waals surface area (Å²) in [5, 5.41) is 11.8. The molecule has 1 amide bonds. The summed E-state index contributed by atoms with van der Waals surface area (Å²) >= 11 is 0. The van der Waals surface area contributed by atoms with Crippen molar-refractivity contribution < 1.29 is 19.4 Å². The number of ether oxygens (including phenoxy) is 1. The Bertz CT molecular complexity index is 607. The highest BCUT2D eigenvalue weighted by molar-refractivity contribution is 5.94. The van der Waals surface area contributed by atoms with E-state index >= 15 is 0 Å². The molecule has 1 rings (SSSR count). The quantitative estimate of drug-likeness (QED) is 0.175. The van der Waals surface area contributed by atoms with E-state index in [0.717, 1.165) is 5.56 Å². The van der Waals surface area contributed by atoms with Gasteiger partial charge in [-0.25, -0.2) is 4.79 Å². The van der Waals surface area contributed by atoms with E-state index in [1.807, 2.05) is 0 Å². The lowest BCUT2D eigenvalue weighted by Gasteiger charge is -2.14. The summed E-state index contributed by atoms with van der Waals surface area (Å²) in [6.45, 7) is 0.356. The summed E-state index contributed by atoms with van der Waals surface area (Å²) in [5.74, 6) is -0.847. The Kier molecular flexibility index (Phi) is 7.83. The van der Waals surface area contributed by atoms with Crippen LogP contribution in [-0.4, -0.2) is 42.6 Å². The molecule has 6 N–H and O–H groups in total. The number of nitrogens with one attached hydrogen (secondary N) is 1. The molecule has 0 saturated carbocycles. The third-order valence-corrected chi connectivity index (χ3v) is 3.07. The number of carbonyl (C=O) groups excluding carboxylic acids is 2. The van der Waals surface area contributed by atoms with Gasteiger partial charge in [0.1, 0.15) is 11.8 Å². The Morgan fingerprint density at radius 3 is 2.58 bits per heavy atom. The van der Waals surface area contributed by atoms with Crippen molar-refractivity contribution in [1.29, 1.82) is 0 Å². The van der Waals surface area contributed by atoms with Crippen molar-refractivity contribution in [3.05, 3.63) is 35.9 Å². The normalized spacial score (nSPS) is 11.7. The third kappa shape index (κ3) is 7.30. The Labute approximate surface area is 140 Å². The molecule has 0 aliphatic rings. The van der Waals surface area contributed by atoms with E-state index in [0.29, 0.717) is 19.4 Å². The zero-order chi connectivity index (χ0) is 17.9. The minimum Gasteiger partial charge on any atom is -0.508 e. The van der Waals surface area contributed by atoms with E-state index in [1.165, 1.54) is 25.3 Å². The Balaban J connectivity index is 2.58. The fourth-order valence-corrected chi connectivity index (χ4v) is 1.87. The summed E-state index contributed by atoms with van der Waals surface area (Å²) < 4.78 is 4.68. The number of nitrogens with two attached hydrogens (primary N) is 2. The van der Waals surface area contributed by atoms with Crippen LogP contribution >= 0.6 is 0 Å². The van der Waals surface area contributed by atoms with Crippen molar-refractivity contribution in [3.63, 3.8) is 0 Å². The first-order chi connectivity index (χ1) is 11.4. The Hall–Kier alpha value is -3.03. The number of hydrogen-bond donors (Lipinski definition) is 4. The minimum absolute atomic E-state index is 0.0227. The molecule has 24 heavy (non-hydrogen) atoms. The van der Waals surface area contributed by atoms with Crippen LogP contribution in [0.5, 0.6) is 5.75 Å². The van der Waals surface area contributed by atoms with Crippen molar-refractivity contribution in [2.45, 2.75) is 18.9 Å². The van der Waals surface area contributed by atoms with Crippen LogP contribution in [-0.2, 0) is 14.3 Å². The second-order valence-electron chi connectivity index (χ2n) is 4.96. The van der Waals surface area contributed by atoms with E-state index in [4.69, 9.17) is 11.5 Å². The first-order valence-corrected chi connectivity index (χ1v) is 7.33. The molecule has 0 radical (unpaired) electrons. The highest BCUT2D eigenvalue weighted by Crippen LogP contribution is 2.10. The number of carbonyl (C=O) groups is 2. The second-order valence-corrected chi connectivity index (χ2v) is 4.96. The number of rotatable bonds is 8. The number of phenols is 1. The first kappa shape index (κ1) is 19.0. The van der Waals surface area contributed by atoms with Gasteiger partial charge in [0.05, 0.1) is 7.11 Å². The van der Waals surface area contributed by atoms with Crippen LogP contribution in [0, 0.1) is 0 Å². The number of guanidine groups is 1. The maximum absolute atomic E-state index is 11.9. The van der Waals surface area contributed by atoms with Gasteiger partial charge < -0.3 is 26.6 Å². The molecule has 1 aromatic carbocycles. The van der Waals surface area contributed by atoms with Crippen LogP contribution in [0.25, 0.3) is 6.08 Å². The molecule has 1 aromatic rings. The molecular weight excluding hydrogens is 312 g/mol. The highest BCUT2D eigenvalue weighted by atomic mass is 16.5. The molecule has 0 unspecified atom stereocenters. The van der Waals surface area contributed by atoms with Crippen LogP contribution in [0.4, 0.5) is 0 Å². The van der Waals surface area contributed by atoms with Gasteiger partial charge in [0.2, 0.25) is 5.91 Å². The number of phenolic OH excluding ortho intramolecular Hbond substituents is 1. The van der Waals surface area contributed by atoms with Crippen LogP contribution < -0.4 is 16.8 Å². The number of benzene rings is 1. The number of nitrogens with zero attached hydrogens (tertiary/aromatic N) is 1. The predicted octanol–water partition coefficient (Wildman–Crippen LogP) is 0.117. The third-order valence-electron chi connectivity index (χ3n) is 3.07. The van der Waals surface area contributed by atoms with Gasteiger partial charge in [-0.3, -0.25) is 9.79 Å². The summed E-state index contributed by atoms with van der Waals surface area (Å²) in [5.41, 5.74) is 11.2. The number of amides is 1. The minimum atomic E-state index is -0.777. The highest BCUT2D eigenvalue weighted by Gasteiger charge is 2.19. The number of aromatic hydroxyl groups is 1. The number of methoxy groups -OCH3 is 1. The first-order valence-electron chi connectivity index (χ1n) is 7.33. The van der Waals surface area contributed by atoms with Gasteiger partial charge in [-0.05, 0) is 36.6 Å². The molecule has 0 saturated heterocycles. The molecule has 0 fully saturated rings. The molecule has 0 bridgehead atoms. The van der Waals surface area contributed by atoms with Crippen molar-refractivity contribution in [3.8, 4) is 5.75 Å². The maximum Gasteiger partial charge on any atom is 0.328 e. The van der Waals surface area contributed by atoms with Gasteiger partial charge in [0.15, 0.2) is 5.96 Å². The smallest absolute Gasteiger partial charge is 0.328 e. The molecule has 0 spiro atoms. The zero-order valence-electron chi connectivity index (χ0n) is 13.4. The standard InChI is InChI=1S/C16H22N4O4/c1-24-15(23)13(3-2-10-19-16(17)18)20-14(22)9-6-11-4-7-12(21)8-5-11/h4-9,13,21H,2-3,10H2,1H3,(H,20,22)(H4,17,18,19)/b9-6-/t13-/m1/s1. The van der Waals surface area contributed by atoms with E-state index in [2.05, 4.69) is 15.0 Å². The Morgan fingerprint density at radius 1 is 1.33 bits per heavy atom. The van der Waals surface area contributed by atoms with Gasteiger partial charge in [-0.2, -0.15) is 0 Å². The van der Waals surface area contributed by atoms with Crippen LogP contribution in [0.2, 0.25) is 0 Å². The molecule has 130 valence electrons. The maximum atomic E-state index is 11.9. The largest absolute Gasteiger partial charge is 0.508 e. The van der Waals surface area contributed by atoms with Crippen LogP contribution in [0.1, 0.15) is 18.4 Å². The van der Waals surface area contributed by atoms with Crippen molar-refractivity contribution in [2.75, 3.05) is 13.7 Å². The van der Waals surface area contributed by atoms with Crippen LogP contribution in [0.3, 0.4) is 0 Å². The average Bonchev–Trinajstić information content (AvgIpc) is 2.56. The van der Waals surface area contributed by atoms with E-state index < -0.39 is 17.9 Å². The van der Waals surface area contributed by atoms with Crippen LogP contribution in [0.15, 0.2) is 35.3 Å². The lowest BCUT2D eigenvalue weighted by Crippen LogP contribution is -2.40. The summed E-state index contributed by atoms with van der Waals surface area (Å²) in [6, 6.07) is 5.57.